The first-order valence-electron chi connectivity index (χ1n) is 4.11. The molecular formula is C11H5Cl3F5Ti-2. The molecule has 0 saturated heterocycles. The maximum atomic E-state index is 11.8. The fourth-order valence-corrected chi connectivity index (χ4v) is 0.824. The van der Waals surface area contributed by atoms with Crippen molar-refractivity contribution in [1.29, 1.82) is 0 Å². The zero-order valence-corrected chi connectivity index (χ0v) is 13.2. The van der Waals surface area contributed by atoms with Crippen LogP contribution in [0.15, 0.2) is 30.3 Å². The number of hydrogen-bond donors (Lipinski definition) is 0. The van der Waals surface area contributed by atoms with Crippen molar-refractivity contribution in [1.82, 2.24) is 0 Å². The van der Waals surface area contributed by atoms with Gasteiger partial charge in [0.1, 0.15) is 0 Å². The van der Waals surface area contributed by atoms with Gasteiger partial charge in [0, 0.05) is 11.6 Å². The number of hydrogen-bond acceptors (Lipinski definition) is 0. The Labute approximate surface area is 146 Å². The van der Waals surface area contributed by atoms with Crippen molar-refractivity contribution in [2.45, 2.75) is 0 Å². The van der Waals surface area contributed by atoms with Crippen molar-refractivity contribution in [3.8, 4) is 0 Å². The van der Waals surface area contributed by atoms with Crippen molar-refractivity contribution < 1.29 is 80.9 Å². The minimum absolute atomic E-state index is 0. The average Bonchev–Trinajstić information content (AvgIpc) is 2.51. The molecule has 0 N–H and O–H groups in total. The van der Waals surface area contributed by atoms with Crippen LogP contribution in [0.1, 0.15) is 0 Å². The largest absolute Gasteiger partial charge is 3.00 e. The maximum Gasteiger partial charge on any atom is 3.00 e. The van der Waals surface area contributed by atoms with Crippen LogP contribution < -0.4 is 37.2 Å². The van der Waals surface area contributed by atoms with E-state index in [2.05, 4.69) is 6.07 Å². The zero-order chi connectivity index (χ0) is 12.1. The smallest absolute Gasteiger partial charge is 1.00 e. The van der Waals surface area contributed by atoms with Crippen LogP contribution in [0.25, 0.3) is 0 Å². The monoisotopic (exact) mass is 385 g/mol. The molecule has 0 spiro atoms. The van der Waals surface area contributed by atoms with Crippen molar-refractivity contribution in [3.05, 3.63) is 65.5 Å². The summed E-state index contributed by atoms with van der Waals surface area (Å²) in [5, 5.41) is 0. The molecule has 0 atom stereocenters. The third kappa shape index (κ3) is 7.55. The molecule has 0 fully saturated rings. The Morgan fingerprint density at radius 2 is 1.10 bits per heavy atom. The summed E-state index contributed by atoms with van der Waals surface area (Å²) < 4.78 is 58.9. The van der Waals surface area contributed by atoms with E-state index in [1.807, 2.05) is 30.3 Å². The predicted octanol–water partition coefficient (Wildman–Crippen LogP) is -5.40. The van der Waals surface area contributed by atoms with Gasteiger partial charge >= 0.3 is 21.7 Å². The van der Waals surface area contributed by atoms with Gasteiger partial charge in [-0.1, -0.05) is 0 Å². The fourth-order valence-electron chi connectivity index (χ4n) is 0.824. The first-order chi connectivity index (χ1) is 7.55. The van der Waals surface area contributed by atoms with Gasteiger partial charge in [-0.25, -0.2) is 8.78 Å². The molecule has 0 bridgehead atoms. The Morgan fingerprint density at radius 3 is 1.20 bits per heavy atom. The van der Waals surface area contributed by atoms with Crippen LogP contribution in [0.3, 0.4) is 0 Å². The molecular weight excluding hydrogens is 381 g/mol. The Kier molecular flexibility index (Phi) is 19.3. The van der Waals surface area contributed by atoms with Gasteiger partial charge in [0.25, 0.3) is 0 Å². The SMILES string of the molecule is Fc1c(F)c(F)[c-](F)c1F.[Cl-].[Cl-].[Cl-].[Ti+3].[c-]1ccccc1. The van der Waals surface area contributed by atoms with E-state index in [9.17, 15) is 22.0 Å². The van der Waals surface area contributed by atoms with E-state index in [1.165, 1.54) is 0 Å². The summed E-state index contributed by atoms with van der Waals surface area (Å²) in [5.74, 6) is -10.6. The maximum absolute atomic E-state index is 11.8. The molecule has 0 aromatic heterocycles. The van der Waals surface area contributed by atoms with Crippen molar-refractivity contribution in [3.63, 3.8) is 0 Å². The molecule has 0 aliphatic heterocycles. The Hall–Kier alpha value is -0.196. The van der Waals surface area contributed by atoms with Gasteiger partial charge in [-0.3, -0.25) is 13.2 Å². The molecule has 0 saturated carbocycles. The molecule has 0 nitrogen and oxygen atoms in total. The summed E-state index contributed by atoms with van der Waals surface area (Å²) in [6.45, 7) is 0. The van der Waals surface area contributed by atoms with Gasteiger partial charge in [0.2, 0.25) is 0 Å². The van der Waals surface area contributed by atoms with E-state index in [4.69, 9.17) is 0 Å². The van der Waals surface area contributed by atoms with E-state index in [0.29, 0.717) is 0 Å². The molecule has 0 unspecified atom stereocenters. The molecule has 0 heterocycles. The van der Waals surface area contributed by atoms with Crippen LogP contribution in [0.2, 0.25) is 0 Å². The molecule has 2 aromatic carbocycles. The first-order valence-corrected chi connectivity index (χ1v) is 4.11. The van der Waals surface area contributed by atoms with Crippen LogP contribution in [-0.2, 0) is 21.7 Å². The molecule has 0 aliphatic carbocycles. The summed E-state index contributed by atoms with van der Waals surface area (Å²) in [6, 6.07) is 12.5. The summed E-state index contributed by atoms with van der Waals surface area (Å²) in [5.41, 5.74) is 0. The number of benzene rings is 1. The Bertz CT molecular complexity index is 358. The van der Waals surface area contributed by atoms with Gasteiger partial charge in [-0.2, -0.15) is 36.4 Å². The average molecular weight is 386 g/mol. The van der Waals surface area contributed by atoms with E-state index in [1.54, 1.807) is 0 Å². The van der Waals surface area contributed by atoms with Crippen LogP contribution in [0, 0.1) is 35.2 Å². The minimum atomic E-state index is -2.12. The standard InChI is InChI=1S/C6H5.C5F5.3ClH.Ti/c1-2-4-6-5-3-1;6-1-2(7)4(9)5(10)3(1)8;;;;/h1-5H;;3*1H;/q2*-1;;;;+3/p-3. The van der Waals surface area contributed by atoms with Crippen LogP contribution >= 0.6 is 0 Å². The molecule has 0 aliphatic rings. The second-order valence-corrected chi connectivity index (χ2v) is 2.65. The van der Waals surface area contributed by atoms with E-state index >= 15 is 0 Å². The fraction of sp³-hybridized carbons (Fsp3) is 0. The van der Waals surface area contributed by atoms with Crippen LogP contribution in [-0.4, -0.2) is 0 Å². The van der Waals surface area contributed by atoms with Crippen molar-refractivity contribution >= 4 is 0 Å². The number of halogens is 8. The minimum Gasteiger partial charge on any atom is -1.00 e. The van der Waals surface area contributed by atoms with E-state index in [-0.39, 0.29) is 58.9 Å². The predicted molar refractivity (Wildman–Crippen MR) is 47.1 cm³/mol. The second kappa shape index (κ2) is 13.8. The summed E-state index contributed by atoms with van der Waals surface area (Å²) in [7, 11) is 0. The first kappa shape index (κ1) is 28.0. The quantitative estimate of drug-likeness (QED) is 0.241. The summed E-state index contributed by atoms with van der Waals surface area (Å²) in [6.07, 6.45) is 0. The molecule has 1 radical (unpaired) electrons. The van der Waals surface area contributed by atoms with Gasteiger partial charge in [-0.05, 0) is 0 Å². The molecule has 9 heteroatoms. The third-order valence-electron chi connectivity index (χ3n) is 1.57. The van der Waals surface area contributed by atoms with E-state index < -0.39 is 29.1 Å². The van der Waals surface area contributed by atoms with Gasteiger partial charge < -0.3 is 37.2 Å². The van der Waals surface area contributed by atoms with Crippen molar-refractivity contribution in [2.24, 2.45) is 0 Å². The summed E-state index contributed by atoms with van der Waals surface area (Å²) in [4.78, 5) is 0. The van der Waals surface area contributed by atoms with E-state index in [0.717, 1.165) is 0 Å². The van der Waals surface area contributed by atoms with Crippen molar-refractivity contribution in [2.75, 3.05) is 0 Å². The zero-order valence-electron chi connectivity index (χ0n) is 9.41. The molecule has 20 heavy (non-hydrogen) atoms. The Morgan fingerprint density at radius 1 is 0.750 bits per heavy atom. The van der Waals surface area contributed by atoms with Gasteiger partial charge in [0.15, 0.2) is 0 Å². The van der Waals surface area contributed by atoms with Crippen LogP contribution in [0.4, 0.5) is 22.0 Å². The van der Waals surface area contributed by atoms with Gasteiger partial charge in [0.05, 0.1) is 17.5 Å². The summed E-state index contributed by atoms with van der Waals surface area (Å²) >= 11 is 0. The Balaban J connectivity index is -0.000000114. The van der Waals surface area contributed by atoms with Crippen LogP contribution in [0.5, 0.6) is 0 Å². The second-order valence-electron chi connectivity index (χ2n) is 2.65. The number of rotatable bonds is 0. The molecule has 2 aromatic rings. The normalized spacial score (nSPS) is 7.65. The molecule has 111 valence electrons. The van der Waals surface area contributed by atoms with Gasteiger partial charge in [-0.15, -0.1) is 0 Å². The molecule has 0 amide bonds. The molecule has 2 rings (SSSR count). The third-order valence-corrected chi connectivity index (χ3v) is 1.57. The topological polar surface area (TPSA) is 0 Å².